The summed E-state index contributed by atoms with van der Waals surface area (Å²) in [5.41, 5.74) is 1.11. The number of thioether (sulfide) groups is 1. The lowest BCUT2D eigenvalue weighted by molar-refractivity contribution is -0.132. The summed E-state index contributed by atoms with van der Waals surface area (Å²) in [6.45, 7) is 1.94. The molecule has 104 valence electrons. The minimum Gasteiger partial charge on any atom is -0.372 e. The summed E-state index contributed by atoms with van der Waals surface area (Å²) in [5.74, 6) is 0.955. The van der Waals surface area contributed by atoms with Crippen molar-refractivity contribution in [3.63, 3.8) is 0 Å². The van der Waals surface area contributed by atoms with Crippen LogP contribution in [0.1, 0.15) is 31.4 Å². The molecule has 5 heteroatoms. The van der Waals surface area contributed by atoms with Gasteiger partial charge in [-0.3, -0.25) is 4.79 Å². The molecule has 0 radical (unpaired) electrons. The maximum absolute atomic E-state index is 12.1. The van der Waals surface area contributed by atoms with Crippen molar-refractivity contribution in [1.29, 1.82) is 0 Å². The average Bonchev–Trinajstić information content (AvgIpc) is 2.41. The van der Waals surface area contributed by atoms with Gasteiger partial charge in [-0.2, -0.15) is 0 Å². The highest BCUT2D eigenvalue weighted by Crippen LogP contribution is 2.37. The SMILES string of the molecule is CC[C@H](OC)C(=O)N[C@H]1CCSc2ccc(Cl)cc21. The highest BCUT2D eigenvalue weighted by molar-refractivity contribution is 7.99. The molecule has 1 aliphatic heterocycles. The van der Waals surface area contributed by atoms with Gasteiger partial charge in [0.05, 0.1) is 6.04 Å². The first kappa shape index (κ1) is 14.7. The van der Waals surface area contributed by atoms with Crippen LogP contribution in [0.4, 0.5) is 0 Å². The number of carbonyl (C=O) groups excluding carboxylic acids is 1. The Hall–Kier alpha value is -0.710. The second-order valence-electron chi connectivity index (χ2n) is 4.51. The average molecular weight is 300 g/mol. The van der Waals surface area contributed by atoms with Gasteiger partial charge >= 0.3 is 0 Å². The molecule has 19 heavy (non-hydrogen) atoms. The summed E-state index contributed by atoms with van der Waals surface area (Å²) in [7, 11) is 1.56. The first-order chi connectivity index (χ1) is 9.15. The Bertz CT molecular complexity index is 463. The fourth-order valence-electron chi connectivity index (χ4n) is 2.24. The summed E-state index contributed by atoms with van der Waals surface area (Å²) in [5, 5.41) is 3.78. The Morgan fingerprint density at radius 2 is 2.42 bits per heavy atom. The number of halogens is 1. The number of amides is 1. The third kappa shape index (κ3) is 3.44. The Labute approximate surface area is 123 Å². The van der Waals surface area contributed by atoms with Gasteiger partial charge in [0.15, 0.2) is 0 Å². The largest absolute Gasteiger partial charge is 0.372 e. The van der Waals surface area contributed by atoms with Crippen molar-refractivity contribution in [2.45, 2.75) is 36.8 Å². The molecule has 1 aliphatic rings. The summed E-state index contributed by atoms with van der Waals surface area (Å²) in [6.07, 6.45) is 1.22. The van der Waals surface area contributed by atoms with Gasteiger partial charge in [-0.25, -0.2) is 0 Å². The lowest BCUT2D eigenvalue weighted by Crippen LogP contribution is -2.38. The van der Waals surface area contributed by atoms with Crippen molar-refractivity contribution in [3.8, 4) is 0 Å². The molecular formula is C14H18ClNO2S. The molecule has 1 aromatic rings. The Kier molecular flexibility index (Phi) is 5.13. The number of hydrogen-bond acceptors (Lipinski definition) is 3. The van der Waals surface area contributed by atoms with E-state index < -0.39 is 0 Å². The zero-order valence-corrected chi connectivity index (χ0v) is 12.7. The normalized spacial score (nSPS) is 19.6. The number of methoxy groups -OCH3 is 1. The van der Waals surface area contributed by atoms with Crippen LogP contribution in [-0.2, 0) is 9.53 Å². The van der Waals surface area contributed by atoms with Gasteiger partial charge < -0.3 is 10.1 Å². The van der Waals surface area contributed by atoms with Crippen LogP contribution in [0.25, 0.3) is 0 Å². The van der Waals surface area contributed by atoms with E-state index in [1.165, 1.54) is 4.90 Å². The molecule has 2 rings (SSSR count). The summed E-state index contributed by atoms with van der Waals surface area (Å²) < 4.78 is 5.17. The van der Waals surface area contributed by atoms with E-state index in [-0.39, 0.29) is 18.1 Å². The van der Waals surface area contributed by atoms with Crippen LogP contribution in [0.5, 0.6) is 0 Å². The molecule has 0 aromatic heterocycles. The van der Waals surface area contributed by atoms with Crippen LogP contribution in [0.2, 0.25) is 5.02 Å². The summed E-state index contributed by atoms with van der Waals surface area (Å²) >= 11 is 7.86. The van der Waals surface area contributed by atoms with E-state index in [1.807, 2.05) is 25.1 Å². The van der Waals surface area contributed by atoms with E-state index in [0.29, 0.717) is 11.4 Å². The molecule has 0 bridgehead atoms. The molecule has 0 unspecified atom stereocenters. The van der Waals surface area contributed by atoms with E-state index in [1.54, 1.807) is 18.9 Å². The maximum atomic E-state index is 12.1. The van der Waals surface area contributed by atoms with Crippen molar-refractivity contribution in [1.82, 2.24) is 5.32 Å². The maximum Gasteiger partial charge on any atom is 0.249 e. The third-order valence-electron chi connectivity index (χ3n) is 3.28. The van der Waals surface area contributed by atoms with Crippen molar-refractivity contribution in [2.24, 2.45) is 0 Å². The molecule has 1 amide bonds. The second-order valence-corrected chi connectivity index (χ2v) is 6.09. The number of ether oxygens (including phenoxy) is 1. The predicted octanol–water partition coefficient (Wildman–Crippen LogP) is 3.42. The Morgan fingerprint density at radius 3 is 3.11 bits per heavy atom. The van der Waals surface area contributed by atoms with Gasteiger partial charge in [0.2, 0.25) is 5.91 Å². The highest BCUT2D eigenvalue weighted by Gasteiger charge is 2.25. The number of rotatable bonds is 4. The molecule has 3 nitrogen and oxygen atoms in total. The van der Waals surface area contributed by atoms with Crippen molar-refractivity contribution >= 4 is 29.3 Å². The van der Waals surface area contributed by atoms with Gasteiger partial charge in [-0.1, -0.05) is 18.5 Å². The van der Waals surface area contributed by atoms with E-state index in [4.69, 9.17) is 16.3 Å². The second kappa shape index (κ2) is 6.64. The minimum absolute atomic E-state index is 0.0339. The summed E-state index contributed by atoms with van der Waals surface area (Å²) in [6, 6.07) is 5.89. The highest BCUT2D eigenvalue weighted by atomic mass is 35.5. The molecule has 2 atom stereocenters. The lowest BCUT2D eigenvalue weighted by Gasteiger charge is -2.27. The van der Waals surface area contributed by atoms with Crippen LogP contribution in [0.3, 0.4) is 0 Å². The molecular weight excluding hydrogens is 282 g/mol. The van der Waals surface area contributed by atoms with Crippen LogP contribution in [-0.4, -0.2) is 24.9 Å². The molecule has 0 saturated heterocycles. The molecule has 0 saturated carbocycles. The fraction of sp³-hybridized carbons (Fsp3) is 0.500. The Morgan fingerprint density at radius 1 is 1.63 bits per heavy atom. The number of benzene rings is 1. The first-order valence-electron chi connectivity index (χ1n) is 6.41. The van der Waals surface area contributed by atoms with Crippen LogP contribution in [0, 0.1) is 0 Å². The van der Waals surface area contributed by atoms with Gasteiger partial charge in [0.1, 0.15) is 6.10 Å². The van der Waals surface area contributed by atoms with E-state index in [0.717, 1.165) is 17.7 Å². The Balaban J connectivity index is 2.15. The first-order valence-corrected chi connectivity index (χ1v) is 7.77. The monoisotopic (exact) mass is 299 g/mol. The van der Waals surface area contributed by atoms with Gasteiger partial charge in [-0.15, -0.1) is 11.8 Å². The molecule has 1 aromatic carbocycles. The van der Waals surface area contributed by atoms with E-state index in [2.05, 4.69) is 5.32 Å². The number of nitrogens with one attached hydrogen (secondary N) is 1. The predicted molar refractivity (Wildman–Crippen MR) is 78.8 cm³/mol. The third-order valence-corrected chi connectivity index (χ3v) is 4.63. The lowest BCUT2D eigenvalue weighted by atomic mass is 10.0. The minimum atomic E-state index is -0.378. The topological polar surface area (TPSA) is 38.3 Å². The van der Waals surface area contributed by atoms with Crippen molar-refractivity contribution in [3.05, 3.63) is 28.8 Å². The van der Waals surface area contributed by atoms with Crippen molar-refractivity contribution < 1.29 is 9.53 Å². The van der Waals surface area contributed by atoms with Gasteiger partial charge in [0, 0.05) is 22.8 Å². The number of carbonyl (C=O) groups is 1. The van der Waals surface area contributed by atoms with Crippen molar-refractivity contribution in [2.75, 3.05) is 12.9 Å². The van der Waals surface area contributed by atoms with Crippen LogP contribution >= 0.6 is 23.4 Å². The van der Waals surface area contributed by atoms with E-state index >= 15 is 0 Å². The van der Waals surface area contributed by atoms with E-state index in [9.17, 15) is 4.79 Å². The summed E-state index contributed by atoms with van der Waals surface area (Å²) in [4.78, 5) is 13.3. The zero-order valence-electron chi connectivity index (χ0n) is 11.1. The quantitative estimate of drug-likeness (QED) is 0.926. The standard InChI is InChI=1S/C14H18ClNO2S/c1-3-12(18-2)14(17)16-11-6-7-19-13-5-4-9(15)8-10(11)13/h4-5,8,11-12H,3,6-7H2,1-2H3,(H,16,17)/t11-,12-/m0/s1. The van der Waals surface area contributed by atoms with Crippen LogP contribution in [0.15, 0.2) is 23.1 Å². The molecule has 0 spiro atoms. The fourth-order valence-corrected chi connectivity index (χ4v) is 3.53. The smallest absolute Gasteiger partial charge is 0.249 e. The molecule has 1 heterocycles. The molecule has 0 fully saturated rings. The molecule has 1 N–H and O–H groups in total. The van der Waals surface area contributed by atoms with Gasteiger partial charge in [-0.05, 0) is 36.6 Å². The molecule has 0 aliphatic carbocycles. The number of fused-ring (bicyclic) bond motifs is 1. The number of hydrogen-bond donors (Lipinski definition) is 1. The van der Waals surface area contributed by atoms with Gasteiger partial charge in [0.25, 0.3) is 0 Å². The zero-order chi connectivity index (χ0) is 13.8. The van der Waals surface area contributed by atoms with Crippen LogP contribution < -0.4 is 5.32 Å².